The summed E-state index contributed by atoms with van der Waals surface area (Å²) in [4.78, 5) is 25.5. The third kappa shape index (κ3) is 5.56. The number of hydrogen-bond donors (Lipinski definition) is 2. The van der Waals surface area contributed by atoms with Crippen LogP contribution in [-0.4, -0.2) is 42.1 Å². The smallest absolute Gasteiger partial charge is 0.408 e. The van der Waals surface area contributed by atoms with E-state index in [1.54, 1.807) is 39.8 Å². The van der Waals surface area contributed by atoms with Crippen molar-refractivity contribution in [3.63, 3.8) is 0 Å². The number of rotatable bonds is 5. The number of aldehydes is 1. The topological polar surface area (TPSA) is 78.9 Å². The van der Waals surface area contributed by atoms with Gasteiger partial charge in [0.15, 0.2) is 0 Å². The second-order valence-electron chi connectivity index (χ2n) is 7.03. The largest absolute Gasteiger partial charge is 0.508 e. The van der Waals surface area contributed by atoms with E-state index in [9.17, 15) is 14.7 Å². The van der Waals surface area contributed by atoms with Crippen molar-refractivity contribution >= 4 is 12.4 Å². The fraction of sp³-hybridized carbons (Fsp3) is 0.529. The molecule has 1 amide bonds. The predicted molar refractivity (Wildman–Crippen MR) is 88.3 cm³/mol. The Hall–Kier alpha value is -2.08. The van der Waals surface area contributed by atoms with Crippen LogP contribution in [0.15, 0.2) is 18.2 Å². The molecule has 0 aliphatic rings. The number of hydrogen-bond acceptors (Lipinski definition) is 5. The van der Waals surface area contributed by atoms with E-state index in [2.05, 4.69) is 5.32 Å². The fourth-order valence-electron chi connectivity index (χ4n) is 2.06. The lowest BCUT2D eigenvalue weighted by molar-refractivity contribution is -0.113. The maximum atomic E-state index is 12.0. The Balaban J connectivity index is 3.08. The molecular weight excluding hydrogens is 296 g/mol. The van der Waals surface area contributed by atoms with Gasteiger partial charge in [-0.1, -0.05) is 6.07 Å². The molecule has 2 N–H and O–H groups in total. The van der Waals surface area contributed by atoms with Gasteiger partial charge in [-0.15, -0.1) is 0 Å². The summed E-state index contributed by atoms with van der Waals surface area (Å²) in [6, 6.07) is 4.84. The van der Waals surface area contributed by atoms with Crippen LogP contribution >= 0.6 is 0 Å². The van der Waals surface area contributed by atoms with Crippen molar-refractivity contribution in [3.05, 3.63) is 29.3 Å². The van der Waals surface area contributed by atoms with Gasteiger partial charge in [-0.25, -0.2) is 4.79 Å². The third-order valence-electron chi connectivity index (χ3n) is 3.16. The first-order valence-electron chi connectivity index (χ1n) is 7.41. The molecule has 128 valence electrons. The van der Waals surface area contributed by atoms with Gasteiger partial charge in [0, 0.05) is 12.1 Å². The zero-order valence-electron chi connectivity index (χ0n) is 14.6. The lowest BCUT2D eigenvalue weighted by Gasteiger charge is -2.28. The van der Waals surface area contributed by atoms with Gasteiger partial charge in [0.05, 0.1) is 0 Å². The van der Waals surface area contributed by atoms with E-state index in [0.717, 1.165) is 0 Å². The Morgan fingerprint density at radius 2 is 1.91 bits per heavy atom. The third-order valence-corrected chi connectivity index (χ3v) is 3.16. The van der Waals surface area contributed by atoms with E-state index < -0.39 is 17.2 Å². The van der Waals surface area contributed by atoms with Crippen molar-refractivity contribution in [1.29, 1.82) is 0 Å². The van der Waals surface area contributed by atoms with Crippen LogP contribution in [0.2, 0.25) is 0 Å². The van der Waals surface area contributed by atoms with Crippen LogP contribution in [0.4, 0.5) is 4.79 Å². The van der Waals surface area contributed by atoms with E-state index in [1.165, 1.54) is 6.07 Å². The maximum Gasteiger partial charge on any atom is 0.408 e. The number of phenolic OH excluding ortho intramolecular Hbond substituents is 1. The molecule has 6 heteroatoms. The monoisotopic (exact) mass is 322 g/mol. The SMILES string of the molecule is CN(C)Cc1cc(C(C)(C=O)NC(=O)OC(C)(C)C)ccc1O. The van der Waals surface area contributed by atoms with Crippen LogP contribution in [-0.2, 0) is 21.6 Å². The number of amides is 1. The van der Waals surface area contributed by atoms with Gasteiger partial charge < -0.3 is 24.9 Å². The van der Waals surface area contributed by atoms with E-state index in [-0.39, 0.29) is 5.75 Å². The van der Waals surface area contributed by atoms with E-state index in [4.69, 9.17) is 4.74 Å². The van der Waals surface area contributed by atoms with Crippen molar-refractivity contribution in [2.75, 3.05) is 14.1 Å². The molecule has 0 aliphatic carbocycles. The fourth-order valence-corrected chi connectivity index (χ4v) is 2.06. The molecule has 1 rings (SSSR count). The summed E-state index contributed by atoms with van der Waals surface area (Å²) >= 11 is 0. The van der Waals surface area contributed by atoms with Crippen LogP contribution in [0.5, 0.6) is 5.75 Å². The van der Waals surface area contributed by atoms with Crippen molar-refractivity contribution in [3.8, 4) is 5.75 Å². The average molecular weight is 322 g/mol. The summed E-state index contributed by atoms with van der Waals surface area (Å²) < 4.78 is 5.21. The molecule has 1 aromatic carbocycles. The first-order chi connectivity index (χ1) is 10.5. The van der Waals surface area contributed by atoms with Gasteiger partial charge in [-0.2, -0.15) is 0 Å². The van der Waals surface area contributed by atoms with Gasteiger partial charge in [0.2, 0.25) is 0 Å². The Labute approximate surface area is 137 Å². The molecule has 1 unspecified atom stereocenters. The highest BCUT2D eigenvalue weighted by atomic mass is 16.6. The summed E-state index contributed by atoms with van der Waals surface area (Å²) in [5.74, 6) is 0.146. The zero-order chi connectivity index (χ0) is 17.8. The number of nitrogens with one attached hydrogen (secondary N) is 1. The summed E-state index contributed by atoms with van der Waals surface area (Å²) in [5.41, 5.74) is -0.643. The van der Waals surface area contributed by atoms with Crippen LogP contribution < -0.4 is 5.32 Å². The minimum Gasteiger partial charge on any atom is -0.508 e. The molecule has 0 aliphatic heterocycles. The zero-order valence-corrected chi connectivity index (χ0v) is 14.6. The number of carbonyl (C=O) groups is 2. The normalized spacial score (nSPS) is 14.2. The van der Waals surface area contributed by atoms with Gasteiger partial charge in [0.25, 0.3) is 0 Å². The van der Waals surface area contributed by atoms with Crippen LogP contribution in [0, 0.1) is 0 Å². The Morgan fingerprint density at radius 1 is 1.30 bits per heavy atom. The Kier molecular flexibility index (Phi) is 5.77. The number of nitrogens with zero attached hydrogens (tertiary/aromatic N) is 1. The second kappa shape index (κ2) is 7.00. The number of ether oxygens (including phenoxy) is 1. The highest BCUT2D eigenvalue weighted by Gasteiger charge is 2.31. The highest BCUT2D eigenvalue weighted by Crippen LogP contribution is 2.26. The predicted octanol–water partition coefficient (Wildman–Crippen LogP) is 2.39. The molecule has 0 fully saturated rings. The van der Waals surface area contributed by atoms with Crippen LogP contribution in [0.25, 0.3) is 0 Å². The summed E-state index contributed by atoms with van der Waals surface area (Å²) in [7, 11) is 3.76. The molecule has 0 saturated heterocycles. The van der Waals surface area contributed by atoms with Gasteiger partial charge >= 0.3 is 6.09 Å². The summed E-state index contributed by atoms with van der Waals surface area (Å²) in [6.07, 6.45) is -0.0164. The molecule has 0 bridgehead atoms. The van der Waals surface area contributed by atoms with Crippen molar-refractivity contribution < 1.29 is 19.4 Å². The molecule has 6 nitrogen and oxygen atoms in total. The highest BCUT2D eigenvalue weighted by molar-refractivity contribution is 5.78. The summed E-state index contributed by atoms with van der Waals surface area (Å²) in [5, 5.41) is 12.5. The first-order valence-corrected chi connectivity index (χ1v) is 7.41. The van der Waals surface area contributed by atoms with Crippen LogP contribution in [0.1, 0.15) is 38.8 Å². The number of benzene rings is 1. The molecule has 0 spiro atoms. The minimum atomic E-state index is -1.24. The second-order valence-corrected chi connectivity index (χ2v) is 7.03. The van der Waals surface area contributed by atoms with E-state index in [1.807, 2.05) is 19.0 Å². The standard InChI is InChI=1S/C17H26N2O4/c1-16(2,3)23-15(22)18-17(4,11-20)13-7-8-14(21)12(9-13)10-19(5)6/h7-9,11,21H,10H2,1-6H3,(H,18,22). The Bertz CT molecular complexity index is 578. The van der Waals surface area contributed by atoms with Gasteiger partial charge in [0.1, 0.15) is 23.2 Å². The molecule has 0 radical (unpaired) electrons. The minimum absolute atomic E-state index is 0.146. The quantitative estimate of drug-likeness (QED) is 0.814. The molecule has 1 atom stereocenters. The summed E-state index contributed by atoms with van der Waals surface area (Å²) in [6.45, 7) is 7.36. The molecule has 23 heavy (non-hydrogen) atoms. The molecule has 1 aromatic rings. The lowest BCUT2D eigenvalue weighted by Crippen LogP contribution is -2.47. The Morgan fingerprint density at radius 3 is 2.39 bits per heavy atom. The van der Waals surface area contributed by atoms with Gasteiger partial charge in [-0.05, 0) is 59.5 Å². The van der Waals surface area contributed by atoms with Crippen molar-refractivity contribution in [2.45, 2.75) is 45.4 Å². The lowest BCUT2D eigenvalue weighted by atomic mass is 9.92. The molecule has 0 aromatic heterocycles. The maximum absolute atomic E-state index is 12.0. The number of alkyl carbamates (subject to hydrolysis) is 1. The van der Waals surface area contributed by atoms with Crippen molar-refractivity contribution in [2.24, 2.45) is 0 Å². The molecule has 0 saturated carbocycles. The van der Waals surface area contributed by atoms with Crippen molar-refractivity contribution in [1.82, 2.24) is 10.2 Å². The number of phenols is 1. The first kappa shape index (κ1) is 19.0. The molecule has 0 heterocycles. The van der Waals surface area contributed by atoms with E-state index in [0.29, 0.717) is 24.0 Å². The van der Waals surface area contributed by atoms with E-state index >= 15 is 0 Å². The number of aromatic hydroxyl groups is 1. The number of carbonyl (C=O) groups excluding carboxylic acids is 2. The average Bonchev–Trinajstić information content (AvgIpc) is 2.38. The van der Waals surface area contributed by atoms with Crippen LogP contribution in [0.3, 0.4) is 0 Å². The van der Waals surface area contributed by atoms with Gasteiger partial charge in [-0.3, -0.25) is 0 Å². The molecular formula is C17H26N2O4.